The van der Waals surface area contributed by atoms with Crippen LogP contribution in [0.15, 0.2) is 10.4 Å². The number of nitrogens with one attached hydrogen (secondary N) is 2. The Hall–Kier alpha value is -0.370. The standard InChI is InChI=1S/C11H20N4S.HI/c1-5-8(2)15-11(12-4)13-6-10-14-9(3)7-16-10;/h7-8H,5-6H2,1-4H3,(H2,12,13,15);1H. The summed E-state index contributed by atoms with van der Waals surface area (Å²) in [6.07, 6.45) is 1.08. The lowest BCUT2D eigenvalue weighted by Gasteiger charge is -2.15. The summed E-state index contributed by atoms with van der Waals surface area (Å²) < 4.78 is 0. The number of hydrogen-bond acceptors (Lipinski definition) is 3. The fourth-order valence-electron chi connectivity index (χ4n) is 1.17. The van der Waals surface area contributed by atoms with Gasteiger partial charge in [-0.25, -0.2) is 4.98 Å². The molecule has 0 aliphatic carbocycles. The predicted octanol–water partition coefficient (Wildman–Crippen LogP) is 2.53. The highest BCUT2D eigenvalue weighted by atomic mass is 127. The average molecular weight is 368 g/mol. The monoisotopic (exact) mass is 368 g/mol. The van der Waals surface area contributed by atoms with Gasteiger partial charge in [-0.05, 0) is 20.3 Å². The van der Waals surface area contributed by atoms with Crippen LogP contribution in [0.4, 0.5) is 0 Å². The summed E-state index contributed by atoms with van der Waals surface area (Å²) in [5, 5.41) is 9.71. The highest BCUT2D eigenvalue weighted by Crippen LogP contribution is 2.07. The van der Waals surface area contributed by atoms with Gasteiger partial charge in [0.15, 0.2) is 5.96 Å². The zero-order valence-electron chi connectivity index (χ0n) is 10.8. The lowest BCUT2D eigenvalue weighted by molar-refractivity contribution is 0.624. The number of aromatic nitrogens is 1. The molecule has 1 unspecified atom stereocenters. The average Bonchev–Trinajstić information content (AvgIpc) is 2.69. The number of aliphatic imine (C=N–C) groups is 1. The Bertz CT molecular complexity index is 351. The molecule has 0 bridgehead atoms. The van der Waals surface area contributed by atoms with E-state index in [1.165, 1.54) is 0 Å². The molecule has 1 aromatic heterocycles. The second-order valence-corrected chi connectivity index (χ2v) is 4.70. The van der Waals surface area contributed by atoms with E-state index in [9.17, 15) is 0 Å². The van der Waals surface area contributed by atoms with Crippen molar-refractivity contribution in [2.45, 2.75) is 39.8 Å². The van der Waals surface area contributed by atoms with Gasteiger partial charge in [-0.3, -0.25) is 4.99 Å². The molecule has 0 saturated carbocycles. The third-order valence-electron chi connectivity index (χ3n) is 2.29. The first-order valence-corrected chi connectivity index (χ1v) is 6.41. The van der Waals surface area contributed by atoms with E-state index >= 15 is 0 Å². The first kappa shape index (κ1) is 16.6. The van der Waals surface area contributed by atoms with E-state index in [1.54, 1.807) is 18.4 Å². The Balaban J connectivity index is 0.00000256. The van der Waals surface area contributed by atoms with Crippen molar-refractivity contribution in [3.63, 3.8) is 0 Å². The number of guanidine groups is 1. The molecular formula is C11H21IN4S. The minimum absolute atomic E-state index is 0. The van der Waals surface area contributed by atoms with Crippen LogP contribution >= 0.6 is 35.3 Å². The second-order valence-electron chi connectivity index (χ2n) is 3.76. The Kier molecular flexibility index (Phi) is 8.49. The Labute approximate surface area is 124 Å². The van der Waals surface area contributed by atoms with Crippen LogP contribution in [0.5, 0.6) is 0 Å². The van der Waals surface area contributed by atoms with Gasteiger partial charge in [0, 0.05) is 24.2 Å². The molecule has 2 N–H and O–H groups in total. The van der Waals surface area contributed by atoms with Crippen LogP contribution in [0.1, 0.15) is 31.0 Å². The molecule has 17 heavy (non-hydrogen) atoms. The maximum absolute atomic E-state index is 4.39. The van der Waals surface area contributed by atoms with Crippen LogP contribution in [0, 0.1) is 6.92 Å². The molecule has 0 saturated heterocycles. The first-order chi connectivity index (χ1) is 7.65. The van der Waals surface area contributed by atoms with Gasteiger partial charge < -0.3 is 10.6 Å². The van der Waals surface area contributed by atoms with E-state index in [4.69, 9.17) is 0 Å². The Morgan fingerprint density at radius 3 is 2.76 bits per heavy atom. The van der Waals surface area contributed by atoms with E-state index in [0.717, 1.165) is 29.6 Å². The second kappa shape index (κ2) is 8.68. The zero-order valence-corrected chi connectivity index (χ0v) is 13.9. The van der Waals surface area contributed by atoms with Crippen LogP contribution in [0.2, 0.25) is 0 Å². The molecule has 0 amide bonds. The van der Waals surface area contributed by atoms with Gasteiger partial charge in [-0.1, -0.05) is 6.92 Å². The quantitative estimate of drug-likeness (QED) is 0.488. The third-order valence-corrected chi connectivity index (χ3v) is 3.26. The number of rotatable bonds is 4. The van der Waals surface area contributed by atoms with Gasteiger partial charge in [-0.15, -0.1) is 35.3 Å². The largest absolute Gasteiger partial charge is 0.354 e. The summed E-state index contributed by atoms with van der Waals surface area (Å²) in [5.41, 5.74) is 1.08. The molecule has 1 rings (SSSR count). The molecule has 0 radical (unpaired) electrons. The van der Waals surface area contributed by atoms with Gasteiger partial charge in [0.05, 0.1) is 6.54 Å². The third kappa shape index (κ3) is 6.21. The van der Waals surface area contributed by atoms with Crippen LogP contribution in [-0.4, -0.2) is 24.0 Å². The van der Waals surface area contributed by atoms with Crippen LogP contribution in [0.3, 0.4) is 0 Å². The van der Waals surface area contributed by atoms with Gasteiger partial charge >= 0.3 is 0 Å². The number of nitrogens with zero attached hydrogens (tertiary/aromatic N) is 2. The van der Waals surface area contributed by atoms with Crippen molar-refractivity contribution in [3.05, 3.63) is 16.1 Å². The van der Waals surface area contributed by atoms with Crippen LogP contribution in [-0.2, 0) is 6.54 Å². The normalized spacial score (nSPS) is 12.8. The topological polar surface area (TPSA) is 49.3 Å². The molecule has 0 aromatic carbocycles. The SMILES string of the molecule is CCC(C)NC(=NC)NCc1nc(C)cs1.I. The van der Waals surface area contributed by atoms with E-state index in [1.807, 2.05) is 6.92 Å². The molecule has 98 valence electrons. The fourth-order valence-corrected chi connectivity index (χ4v) is 1.88. The molecule has 0 spiro atoms. The fraction of sp³-hybridized carbons (Fsp3) is 0.636. The van der Waals surface area contributed by atoms with Crippen molar-refractivity contribution in [2.24, 2.45) is 4.99 Å². The van der Waals surface area contributed by atoms with Crippen molar-refractivity contribution in [1.29, 1.82) is 0 Å². The zero-order chi connectivity index (χ0) is 12.0. The van der Waals surface area contributed by atoms with Crippen molar-refractivity contribution in [1.82, 2.24) is 15.6 Å². The predicted molar refractivity (Wildman–Crippen MR) is 85.4 cm³/mol. The Morgan fingerprint density at radius 2 is 2.29 bits per heavy atom. The summed E-state index contributed by atoms with van der Waals surface area (Å²) >= 11 is 1.67. The summed E-state index contributed by atoms with van der Waals surface area (Å²) in [6, 6.07) is 0.434. The van der Waals surface area contributed by atoms with Gasteiger partial charge in [-0.2, -0.15) is 0 Å². The number of aryl methyl sites for hydroxylation is 1. The van der Waals surface area contributed by atoms with Crippen molar-refractivity contribution >= 4 is 41.3 Å². The lowest BCUT2D eigenvalue weighted by atomic mass is 10.3. The maximum Gasteiger partial charge on any atom is 0.191 e. The van der Waals surface area contributed by atoms with Gasteiger partial charge in [0.25, 0.3) is 0 Å². The van der Waals surface area contributed by atoms with E-state index in [2.05, 4.69) is 39.8 Å². The molecule has 4 nitrogen and oxygen atoms in total. The van der Waals surface area contributed by atoms with Crippen LogP contribution < -0.4 is 10.6 Å². The molecule has 1 atom stereocenters. The Morgan fingerprint density at radius 1 is 1.59 bits per heavy atom. The van der Waals surface area contributed by atoms with E-state index in [-0.39, 0.29) is 24.0 Å². The molecule has 1 heterocycles. The van der Waals surface area contributed by atoms with E-state index in [0.29, 0.717) is 6.04 Å². The van der Waals surface area contributed by atoms with Crippen molar-refractivity contribution in [2.75, 3.05) is 7.05 Å². The first-order valence-electron chi connectivity index (χ1n) is 5.54. The summed E-state index contributed by atoms with van der Waals surface area (Å²) in [5.74, 6) is 0.835. The molecule has 0 fully saturated rings. The van der Waals surface area contributed by atoms with Crippen molar-refractivity contribution in [3.8, 4) is 0 Å². The molecule has 0 aliphatic rings. The number of thiazole rings is 1. The molecule has 0 aliphatic heterocycles. The number of hydrogen-bond donors (Lipinski definition) is 2. The molecule has 6 heteroatoms. The smallest absolute Gasteiger partial charge is 0.191 e. The summed E-state index contributed by atoms with van der Waals surface area (Å²) in [7, 11) is 1.78. The highest BCUT2D eigenvalue weighted by Gasteiger charge is 2.03. The minimum atomic E-state index is 0. The summed E-state index contributed by atoms with van der Waals surface area (Å²) in [6.45, 7) is 7.02. The molecular weight excluding hydrogens is 347 g/mol. The van der Waals surface area contributed by atoms with Gasteiger partial charge in [0.2, 0.25) is 0 Å². The highest BCUT2D eigenvalue weighted by molar-refractivity contribution is 14.0. The van der Waals surface area contributed by atoms with Gasteiger partial charge in [0.1, 0.15) is 5.01 Å². The van der Waals surface area contributed by atoms with Crippen molar-refractivity contribution < 1.29 is 0 Å². The lowest BCUT2D eigenvalue weighted by Crippen LogP contribution is -2.41. The number of halogens is 1. The van der Waals surface area contributed by atoms with Crippen LogP contribution in [0.25, 0.3) is 0 Å². The van der Waals surface area contributed by atoms with E-state index < -0.39 is 0 Å². The molecule has 1 aromatic rings. The minimum Gasteiger partial charge on any atom is -0.354 e. The summed E-state index contributed by atoms with van der Waals surface area (Å²) in [4.78, 5) is 8.56. The maximum atomic E-state index is 4.39.